The number of rotatable bonds is 11. The van der Waals surface area contributed by atoms with Crippen LogP contribution >= 0.6 is 0 Å². The molecule has 0 bridgehead atoms. The molecular formula is C16H26O5. The standard InChI is InChI=1S/C16H26O5/c1-5-9-10-11-12-20-15(17)13(6-2)16(18)21-14(7-3)19-8-4/h14H,2,5,7-12H2,1,3-4H3. The lowest BCUT2D eigenvalue weighted by Crippen LogP contribution is -2.25. The summed E-state index contributed by atoms with van der Waals surface area (Å²) in [6, 6.07) is 0. The molecule has 0 aliphatic rings. The number of esters is 2. The van der Waals surface area contributed by atoms with E-state index >= 15 is 0 Å². The van der Waals surface area contributed by atoms with Crippen LogP contribution in [0.2, 0.25) is 0 Å². The van der Waals surface area contributed by atoms with Crippen LogP contribution in [-0.4, -0.2) is 31.4 Å². The molecule has 5 heteroatoms. The van der Waals surface area contributed by atoms with Gasteiger partial charge >= 0.3 is 11.9 Å². The predicted octanol–water partition coefficient (Wildman–Crippen LogP) is 3.14. The molecule has 0 fully saturated rings. The summed E-state index contributed by atoms with van der Waals surface area (Å²) in [6.07, 6.45) is 3.78. The molecule has 0 aliphatic carbocycles. The van der Waals surface area contributed by atoms with Crippen molar-refractivity contribution >= 4 is 11.9 Å². The van der Waals surface area contributed by atoms with E-state index in [1.165, 1.54) is 0 Å². The molecule has 0 aromatic rings. The van der Waals surface area contributed by atoms with Crippen molar-refractivity contribution < 1.29 is 23.8 Å². The Kier molecular flexibility index (Phi) is 11.3. The van der Waals surface area contributed by atoms with Crippen LogP contribution in [-0.2, 0) is 23.8 Å². The Bertz CT molecular complexity index is 369. The lowest BCUT2D eigenvalue weighted by atomic mass is 10.2. The Morgan fingerprint density at radius 2 is 1.81 bits per heavy atom. The molecule has 0 aromatic heterocycles. The van der Waals surface area contributed by atoms with Crippen LogP contribution in [0.25, 0.3) is 0 Å². The van der Waals surface area contributed by atoms with Crippen LogP contribution in [0.15, 0.2) is 17.9 Å². The summed E-state index contributed by atoms with van der Waals surface area (Å²) in [5.41, 5.74) is 1.97. The SMILES string of the molecule is C=C=C(C(=O)OCCCCCC)C(=O)OC(CC)OCC. The summed E-state index contributed by atoms with van der Waals surface area (Å²) in [7, 11) is 0. The highest BCUT2D eigenvalue weighted by molar-refractivity contribution is 6.13. The average Bonchev–Trinajstić information content (AvgIpc) is 2.47. The fraction of sp³-hybridized carbons (Fsp3) is 0.688. The molecule has 120 valence electrons. The summed E-state index contributed by atoms with van der Waals surface area (Å²) >= 11 is 0. The Morgan fingerprint density at radius 3 is 2.33 bits per heavy atom. The van der Waals surface area contributed by atoms with Gasteiger partial charge in [0.2, 0.25) is 6.29 Å². The van der Waals surface area contributed by atoms with Crippen molar-refractivity contribution in [3.63, 3.8) is 0 Å². The Morgan fingerprint density at radius 1 is 1.10 bits per heavy atom. The molecular weight excluding hydrogens is 272 g/mol. The maximum atomic E-state index is 11.9. The van der Waals surface area contributed by atoms with Gasteiger partial charge < -0.3 is 14.2 Å². The van der Waals surface area contributed by atoms with E-state index in [9.17, 15) is 9.59 Å². The molecule has 0 amide bonds. The van der Waals surface area contributed by atoms with Crippen LogP contribution in [0.3, 0.4) is 0 Å². The molecule has 0 aromatic carbocycles. The van der Waals surface area contributed by atoms with E-state index in [0.717, 1.165) is 25.7 Å². The fourth-order valence-corrected chi connectivity index (χ4v) is 1.59. The first-order chi connectivity index (χ1) is 10.1. The topological polar surface area (TPSA) is 61.8 Å². The van der Waals surface area contributed by atoms with Gasteiger partial charge in [-0.2, -0.15) is 0 Å². The van der Waals surface area contributed by atoms with Gasteiger partial charge in [0.25, 0.3) is 0 Å². The lowest BCUT2D eigenvalue weighted by molar-refractivity contribution is -0.175. The second-order valence-corrected chi connectivity index (χ2v) is 4.45. The first-order valence-electron chi connectivity index (χ1n) is 7.50. The van der Waals surface area contributed by atoms with Gasteiger partial charge in [-0.1, -0.05) is 39.7 Å². The number of unbranched alkanes of at least 4 members (excludes halogenated alkanes) is 3. The minimum atomic E-state index is -0.816. The van der Waals surface area contributed by atoms with E-state index < -0.39 is 18.2 Å². The number of hydrogen-bond acceptors (Lipinski definition) is 5. The van der Waals surface area contributed by atoms with E-state index in [1.54, 1.807) is 6.92 Å². The predicted molar refractivity (Wildman–Crippen MR) is 79.6 cm³/mol. The molecule has 1 unspecified atom stereocenters. The zero-order chi connectivity index (χ0) is 16.1. The molecule has 5 nitrogen and oxygen atoms in total. The summed E-state index contributed by atoms with van der Waals surface area (Å²) in [5, 5.41) is 0. The third-order valence-electron chi connectivity index (χ3n) is 2.74. The lowest BCUT2D eigenvalue weighted by Gasteiger charge is -2.15. The van der Waals surface area contributed by atoms with Gasteiger partial charge in [-0.25, -0.2) is 9.59 Å². The normalized spacial score (nSPS) is 11.4. The number of hydrogen-bond donors (Lipinski definition) is 0. The average molecular weight is 298 g/mol. The smallest absolute Gasteiger partial charge is 0.355 e. The molecule has 0 spiro atoms. The Balaban J connectivity index is 4.32. The summed E-state index contributed by atoms with van der Waals surface area (Å²) in [4.78, 5) is 23.6. The Labute approximate surface area is 126 Å². The quantitative estimate of drug-likeness (QED) is 0.111. The van der Waals surface area contributed by atoms with E-state index in [-0.39, 0.29) is 12.2 Å². The van der Waals surface area contributed by atoms with Crippen molar-refractivity contribution in [3.8, 4) is 0 Å². The number of ether oxygens (including phenoxy) is 3. The highest BCUT2D eigenvalue weighted by Crippen LogP contribution is 2.08. The second-order valence-electron chi connectivity index (χ2n) is 4.45. The Hall–Kier alpha value is -1.58. The van der Waals surface area contributed by atoms with Crippen LogP contribution in [0, 0.1) is 0 Å². The van der Waals surface area contributed by atoms with Crippen molar-refractivity contribution in [2.24, 2.45) is 0 Å². The zero-order valence-electron chi connectivity index (χ0n) is 13.3. The van der Waals surface area contributed by atoms with Crippen LogP contribution in [0.5, 0.6) is 0 Å². The molecule has 21 heavy (non-hydrogen) atoms. The molecule has 1 atom stereocenters. The van der Waals surface area contributed by atoms with E-state index in [1.807, 2.05) is 6.92 Å². The second kappa shape index (κ2) is 12.2. The summed E-state index contributed by atoms with van der Waals surface area (Å²) < 4.78 is 15.3. The zero-order valence-corrected chi connectivity index (χ0v) is 13.3. The molecule has 0 aliphatic heterocycles. The minimum absolute atomic E-state index is 0.278. The molecule has 0 saturated heterocycles. The third-order valence-corrected chi connectivity index (χ3v) is 2.74. The molecule has 0 N–H and O–H groups in total. The molecule has 0 radical (unpaired) electrons. The van der Waals surface area contributed by atoms with E-state index in [4.69, 9.17) is 14.2 Å². The fourth-order valence-electron chi connectivity index (χ4n) is 1.59. The van der Waals surface area contributed by atoms with Gasteiger partial charge in [0.05, 0.1) is 6.61 Å². The van der Waals surface area contributed by atoms with Crippen LogP contribution in [0.1, 0.15) is 52.9 Å². The van der Waals surface area contributed by atoms with Crippen LogP contribution < -0.4 is 0 Å². The summed E-state index contributed by atoms with van der Waals surface area (Å²) in [6.45, 7) is 9.74. The molecule has 0 rings (SSSR count). The first kappa shape index (κ1) is 19.4. The third kappa shape index (κ3) is 8.33. The van der Waals surface area contributed by atoms with Gasteiger partial charge in [0.15, 0.2) is 5.57 Å². The molecule has 0 heterocycles. The first-order valence-corrected chi connectivity index (χ1v) is 7.50. The largest absolute Gasteiger partial charge is 0.461 e. The number of carbonyl (C=O) groups is 2. The highest BCUT2D eigenvalue weighted by atomic mass is 16.7. The minimum Gasteiger partial charge on any atom is -0.461 e. The monoisotopic (exact) mass is 298 g/mol. The maximum absolute atomic E-state index is 11.9. The van der Waals surface area contributed by atoms with Crippen molar-refractivity contribution in [2.75, 3.05) is 13.2 Å². The van der Waals surface area contributed by atoms with E-state index in [0.29, 0.717) is 13.0 Å². The molecule has 0 saturated carbocycles. The highest BCUT2D eigenvalue weighted by Gasteiger charge is 2.23. The van der Waals surface area contributed by atoms with E-state index in [2.05, 4.69) is 19.2 Å². The number of carbonyl (C=O) groups excluding carboxylic acids is 2. The summed E-state index contributed by atoms with van der Waals surface area (Å²) in [5.74, 6) is -1.57. The van der Waals surface area contributed by atoms with Gasteiger partial charge in [0.1, 0.15) is 0 Å². The van der Waals surface area contributed by atoms with Gasteiger partial charge in [-0.3, -0.25) is 0 Å². The van der Waals surface area contributed by atoms with Crippen molar-refractivity contribution in [3.05, 3.63) is 17.9 Å². The van der Waals surface area contributed by atoms with Gasteiger partial charge in [-0.05, 0) is 13.3 Å². The van der Waals surface area contributed by atoms with Crippen molar-refractivity contribution in [1.29, 1.82) is 0 Å². The van der Waals surface area contributed by atoms with Crippen LogP contribution in [0.4, 0.5) is 0 Å². The van der Waals surface area contributed by atoms with Crippen molar-refractivity contribution in [2.45, 2.75) is 59.2 Å². The maximum Gasteiger partial charge on any atom is 0.355 e. The van der Waals surface area contributed by atoms with Gasteiger partial charge in [0, 0.05) is 13.0 Å². The van der Waals surface area contributed by atoms with Gasteiger partial charge in [-0.15, -0.1) is 5.73 Å². The van der Waals surface area contributed by atoms with Crippen molar-refractivity contribution in [1.82, 2.24) is 0 Å².